The Morgan fingerprint density at radius 3 is 2.30 bits per heavy atom. The van der Waals surface area contributed by atoms with Crippen molar-refractivity contribution in [1.82, 2.24) is 5.32 Å². The predicted octanol–water partition coefficient (Wildman–Crippen LogP) is 4.34. The zero-order chi connectivity index (χ0) is 15.1. The van der Waals surface area contributed by atoms with Gasteiger partial charge in [0.15, 0.2) is 0 Å². The van der Waals surface area contributed by atoms with Gasteiger partial charge in [-0.15, -0.1) is 0 Å². The van der Waals surface area contributed by atoms with Gasteiger partial charge in [-0.3, -0.25) is 0 Å². The molecular weight excluding hydrogens is 244 g/mol. The molecule has 0 bridgehead atoms. The van der Waals surface area contributed by atoms with Crippen LogP contribution in [-0.2, 0) is 0 Å². The van der Waals surface area contributed by atoms with Crippen molar-refractivity contribution >= 4 is 0 Å². The second-order valence-corrected chi connectivity index (χ2v) is 8.33. The Kier molecular flexibility index (Phi) is 7.53. The van der Waals surface area contributed by atoms with Gasteiger partial charge >= 0.3 is 0 Å². The summed E-state index contributed by atoms with van der Waals surface area (Å²) < 4.78 is 0. The molecule has 0 saturated heterocycles. The third-order valence-electron chi connectivity index (χ3n) is 5.26. The molecule has 120 valence electrons. The molecule has 1 saturated carbocycles. The van der Waals surface area contributed by atoms with Crippen molar-refractivity contribution in [1.29, 1.82) is 0 Å². The van der Waals surface area contributed by atoms with Crippen molar-refractivity contribution in [3.8, 4) is 0 Å². The largest absolute Gasteiger partial charge is 0.330 e. The van der Waals surface area contributed by atoms with Crippen LogP contribution >= 0.6 is 0 Å². The zero-order valence-corrected chi connectivity index (χ0v) is 14.4. The Morgan fingerprint density at radius 2 is 1.75 bits per heavy atom. The van der Waals surface area contributed by atoms with Crippen molar-refractivity contribution in [2.75, 3.05) is 19.6 Å². The van der Waals surface area contributed by atoms with Crippen LogP contribution in [-0.4, -0.2) is 19.6 Å². The van der Waals surface area contributed by atoms with Crippen molar-refractivity contribution in [3.05, 3.63) is 0 Å². The summed E-state index contributed by atoms with van der Waals surface area (Å²) in [6.07, 6.45) is 10.9. The van der Waals surface area contributed by atoms with Crippen molar-refractivity contribution in [2.24, 2.45) is 22.5 Å². The highest BCUT2D eigenvalue weighted by Gasteiger charge is 2.26. The summed E-state index contributed by atoms with van der Waals surface area (Å²) in [7, 11) is 0. The molecule has 0 heterocycles. The molecule has 0 aromatic carbocycles. The van der Waals surface area contributed by atoms with Gasteiger partial charge in [0, 0.05) is 6.54 Å². The van der Waals surface area contributed by atoms with E-state index in [0.717, 1.165) is 12.5 Å². The molecule has 20 heavy (non-hydrogen) atoms. The van der Waals surface area contributed by atoms with Crippen molar-refractivity contribution in [2.45, 2.75) is 79.1 Å². The summed E-state index contributed by atoms with van der Waals surface area (Å²) in [6.45, 7) is 12.7. The van der Waals surface area contributed by atoms with Gasteiger partial charge in [0.05, 0.1) is 0 Å². The monoisotopic (exact) mass is 282 g/mol. The van der Waals surface area contributed by atoms with E-state index in [1.807, 2.05) is 0 Å². The molecule has 0 aromatic heterocycles. The van der Waals surface area contributed by atoms with Crippen LogP contribution in [0.3, 0.4) is 0 Å². The normalized spacial score (nSPS) is 20.9. The van der Waals surface area contributed by atoms with Crippen LogP contribution in [0.5, 0.6) is 0 Å². The predicted molar refractivity (Wildman–Crippen MR) is 89.9 cm³/mol. The first-order valence-corrected chi connectivity index (χ1v) is 8.78. The van der Waals surface area contributed by atoms with E-state index < -0.39 is 0 Å². The van der Waals surface area contributed by atoms with E-state index in [-0.39, 0.29) is 0 Å². The third kappa shape index (κ3) is 6.58. The molecule has 2 heteroatoms. The highest BCUT2D eigenvalue weighted by atomic mass is 14.9. The molecule has 0 aromatic rings. The van der Waals surface area contributed by atoms with Crippen LogP contribution < -0.4 is 11.1 Å². The lowest BCUT2D eigenvalue weighted by Gasteiger charge is -2.34. The summed E-state index contributed by atoms with van der Waals surface area (Å²) in [5, 5.41) is 3.71. The molecule has 2 nitrogen and oxygen atoms in total. The van der Waals surface area contributed by atoms with Gasteiger partial charge < -0.3 is 11.1 Å². The minimum Gasteiger partial charge on any atom is -0.330 e. The fourth-order valence-corrected chi connectivity index (χ4v) is 3.66. The summed E-state index contributed by atoms with van der Waals surface area (Å²) >= 11 is 0. The standard InChI is InChI=1S/C18H38N2/c1-17(2,3)16(10-13-19)9-8-14-20-15-18(4)11-6-5-7-12-18/h16,20H,5-15,19H2,1-4H3. The highest BCUT2D eigenvalue weighted by molar-refractivity contribution is 4.81. The van der Waals surface area contributed by atoms with Crippen LogP contribution in [0, 0.1) is 16.7 Å². The molecule has 0 aliphatic heterocycles. The maximum Gasteiger partial charge on any atom is 0.000516 e. The molecule has 1 rings (SSSR count). The Balaban J connectivity index is 2.17. The van der Waals surface area contributed by atoms with Gasteiger partial charge in [-0.2, -0.15) is 0 Å². The molecular formula is C18H38N2. The first-order valence-electron chi connectivity index (χ1n) is 8.78. The molecule has 1 aliphatic carbocycles. The van der Waals surface area contributed by atoms with E-state index in [2.05, 4.69) is 33.0 Å². The van der Waals surface area contributed by atoms with Crippen molar-refractivity contribution < 1.29 is 0 Å². The van der Waals surface area contributed by atoms with Gasteiger partial charge in [0.25, 0.3) is 0 Å². The molecule has 3 N–H and O–H groups in total. The van der Waals surface area contributed by atoms with Crippen molar-refractivity contribution in [3.63, 3.8) is 0 Å². The van der Waals surface area contributed by atoms with Crippen LogP contribution in [0.2, 0.25) is 0 Å². The summed E-state index contributed by atoms with van der Waals surface area (Å²) in [5.41, 5.74) is 6.72. The fraction of sp³-hybridized carbons (Fsp3) is 1.00. The molecule has 1 fully saturated rings. The Labute approximate surface area is 127 Å². The van der Waals surface area contributed by atoms with Gasteiger partial charge in [0.1, 0.15) is 0 Å². The molecule has 0 amide bonds. The maximum absolute atomic E-state index is 5.76. The summed E-state index contributed by atoms with van der Waals surface area (Å²) in [4.78, 5) is 0. The summed E-state index contributed by atoms with van der Waals surface area (Å²) in [5.74, 6) is 0.763. The van der Waals surface area contributed by atoms with E-state index in [4.69, 9.17) is 5.73 Å². The zero-order valence-electron chi connectivity index (χ0n) is 14.4. The molecule has 0 spiro atoms. The average molecular weight is 283 g/mol. The number of hydrogen-bond acceptors (Lipinski definition) is 2. The first-order chi connectivity index (χ1) is 9.37. The topological polar surface area (TPSA) is 38.0 Å². The second-order valence-electron chi connectivity index (χ2n) is 8.33. The lowest BCUT2D eigenvalue weighted by molar-refractivity contribution is 0.197. The Bertz CT molecular complexity index is 249. The second kappa shape index (κ2) is 8.38. The minimum absolute atomic E-state index is 0.398. The number of nitrogens with one attached hydrogen (secondary N) is 1. The van der Waals surface area contributed by atoms with Gasteiger partial charge in [0.2, 0.25) is 0 Å². The smallest absolute Gasteiger partial charge is 0.000516 e. The molecule has 0 radical (unpaired) electrons. The Morgan fingerprint density at radius 1 is 1.10 bits per heavy atom. The summed E-state index contributed by atoms with van der Waals surface area (Å²) in [6, 6.07) is 0. The molecule has 1 unspecified atom stereocenters. The van der Waals surface area contributed by atoms with Gasteiger partial charge in [-0.25, -0.2) is 0 Å². The number of rotatable bonds is 8. The van der Waals surface area contributed by atoms with Crippen LogP contribution in [0.1, 0.15) is 79.1 Å². The third-order valence-corrected chi connectivity index (χ3v) is 5.26. The lowest BCUT2D eigenvalue weighted by Crippen LogP contribution is -2.34. The lowest BCUT2D eigenvalue weighted by atomic mass is 9.75. The quantitative estimate of drug-likeness (QED) is 0.650. The highest BCUT2D eigenvalue weighted by Crippen LogP contribution is 2.35. The van der Waals surface area contributed by atoms with Crippen LogP contribution in [0.15, 0.2) is 0 Å². The fourth-order valence-electron chi connectivity index (χ4n) is 3.66. The van der Waals surface area contributed by atoms with Crippen LogP contribution in [0.25, 0.3) is 0 Å². The van der Waals surface area contributed by atoms with Gasteiger partial charge in [-0.1, -0.05) is 47.0 Å². The average Bonchev–Trinajstić information content (AvgIpc) is 2.36. The minimum atomic E-state index is 0.398. The van der Waals surface area contributed by atoms with Crippen LogP contribution in [0.4, 0.5) is 0 Å². The molecule has 1 aliphatic rings. The van der Waals surface area contributed by atoms with Gasteiger partial charge in [-0.05, 0) is 61.9 Å². The number of hydrogen-bond donors (Lipinski definition) is 2. The first kappa shape index (κ1) is 18.0. The SMILES string of the molecule is CC1(CNCCCC(CCN)C(C)(C)C)CCCCC1. The number of nitrogens with two attached hydrogens (primary N) is 1. The van der Waals surface area contributed by atoms with E-state index in [0.29, 0.717) is 10.8 Å². The van der Waals surface area contributed by atoms with E-state index in [1.54, 1.807) is 0 Å². The van der Waals surface area contributed by atoms with E-state index >= 15 is 0 Å². The van der Waals surface area contributed by atoms with E-state index in [1.165, 1.54) is 64.5 Å². The maximum atomic E-state index is 5.76. The van der Waals surface area contributed by atoms with E-state index in [9.17, 15) is 0 Å². The Hall–Kier alpha value is -0.0800. The molecule has 1 atom stereocenters.